The lowest BCUT2D eigenvalue weighted by Crippen LogP contribution is -2.47. The largest absolute Gasteiger partial charge is 0.326 e. The Bertz CT molecular complexity index is 1170. The molecule has 2 N–H and O–H groups in total. The average Bonchev–Trinajstić information content (AvgIpc) is 3.13. The van der Waals surface area contributed by atoms with Gasteiger partial charge in [-0.05, 0) is 48.2 Å². The first-order valence-electron chi connectivity index (χ1n) is 11.1. The van der Waals surface area contributed by atoms with Crippen LogP contribution in [0.3, 0.4) is 0 Å². The summed E-state index contributed by atoms with van der Waals surface area (Å²) < 4.78 is 13.3. The van der Waals surface area contributed by atoms with Crippen LogP contribution in [0.15, 0.2) is 59.8 Å². The molecule has 0 saturated heterocycles. The molecular formula is C25H26ClFN4O3. The zero-order valence-electron chi connectivity index (χ0n) is 19.1. The standard InChI is InChI=1S/C25H26ClFN4O3/c1-14(2)12-19(23(32)28-16-10-8-15(27)9-11-16)31-13-20-21(24(31)33)22(29-25(34)30(20)3)17-6-4-5-7-18(17)26/h4-11,14,19,22H,12-13H2,1-3H3,(H,28,32)(H,29,34)/t19-,22+/m1/s1. The van der Waals surface area contributed by atoms with Crippen LogP contribution in [0.4, 0.5) is 14.9 Å². The Morgan fingerprint density at radius 2 is 1.85 bits per heavy atom. The molecule has 34 heavy (non-hydrogen) atoms. The van der Waals surface area contributed by atoms with Gasteiger partial charge in [-0.3, -0.25) is 14.5 Å². The third-order valence-electron chi connectivity index (χ3n) is 6.09. The van der Waals surface area contributed by atoms with Crippen molar-refractivity contribution in [1.29, 1.82) is 0 Å². The SMILES string of the molecule is CC(C)C[C@H](C(=O)Nc1ccc(F)cc1)N1CC2=C(C1=O)[C@H](c1ccccc1Cl)NC(=O)N2C. The van der Waals surface area contributed by atoms with E-state index in [-0.39, 0.29) is 30.3 Å². The van der Waals surface area contributed by atoms with Gasteiger partial charge in [-0.15, -0.1) is 0 Å². The lowest BCUT2D eigenvalue weighted by molar-refractivity contribution is -0.134. The zero-order chi connectivity index (χ0) is 24.6. The van der Waals surface area contributed by atoms with Crippen molar-refractivity contribution in [3.05, 3.63) is 76.2 Å². The molecule has 2 heterocycles. The van der Waals surface area contributed by atoms with Crippen molar-refractivity contribution in [3.8, 4) is 0 Å². The summed E-state index contributed by atoms with van der Waals surface area (Å²) in [5.41, 5.74) is 2.00. The van der Waals surface area contributed by atoms with E-state index in [0.717, 1.165) is 0 Å². The molecule has 0 fully saturated rings. The number of carbonyl (C=O) groups is 3. The fourth-order valence-corrected chi connectivity index (χ4v) is 4.61. The third-order valence-corrected chi connectivity index (χ3v) is 6.43. The topological polar surface area (TPSA) is 81.8 Å². The maximum absolute atomic E-state index is 13.7. The van der Waals surface area contributed by atoms with Gasteiger partial charge in [-0.25, -0.2) is 9.18 Å². The highest BCUT2D eigenvalue weighted by Gasteiger charge is 2.46. The number of hydrogen-bond donors (Lipinski definition) is 2. The van der Waals surface area contributed by atoms with Gasteiger partial charge in [0.05, 0.1) is 23.9 Å². The van der Waals surface area contributed by atoms with E-state index in [2.05, 4.69) is 10.6 Å². The second kappa shape index (κ2) is 9.46. The molecule has 0 aliphatic carbocycles. The van der Waals surface area contributed by atoms with Crippen molar-refractivity contribution < 1.29 is 18.8 Å². The molecule has 0 bridgehead atoms. The first-order chi connectivity index (χ1) is 16.2. The van der Waals surface area contributed by atoms with Gasteiger partial charge in [0.15, 0.2) is 0 Å². The van der Waals surface area contributed by atoms with Crippen LogP contribution in [-0.2, 0) is 9.59 Å². The Morgan fingerprint density at radius 3 is 2.50 bits per heavy atom. The minimum Gasteiger partial charge on any atom is -0.326 e. The van der Waals surface area contributed by atoms with Crippen LogP contribution in [0.1, 0.15) is 31.9 Å². The molecular weight excluding hydrogens is 459 g/mol. The lowest BCUT2D eigenvalue weighted by Gasteiger charge is -2.31. The number of halogens is 2. The molecule has 0 aromatic heterocycles. The van der Waals surface area contributed by atoms with Gasteiger partial charge in [0.1, 0.15) is 11.9 Å². The van der Waals surface area contributed by atoms with Crippen molar-refractivity contribution in [2.45, 2.75) is 32.4 Å². The first-order valence-corrected chi connectivity index (χ1v) is 11.4. The summed E-state index contributed by atoms with van der Waals surface area (Å²) in [6.45, 7) is 4.05. The molecule has 4 rings (SSSR count). The van der Waals surface area contributed by atoms with E-state index >= 15 is 0 Å². The molecule has 7 nitrogen and oxygen atoms in total. The van der Waals surface area contributed by atoms with Crippen molar-refractivity contribution >= 4 is 35.1 Å². The van der Waals surface area contributed by atoms with Gasteiger partial charge < -0.3 is 15.5 Å². The number of benzene rings is 2. The van der Waals surface area contributed by atoms with Crippen LogP contribution >= 0.6 is 11.6 Å². The van der Waals surface area contributed by atoms with Crippen molar-refractivity contribution in [2.24, 2.45) is 5.92 Å². The minimum absolute atomic E-state index is 0.117. The summed E-state index contributed by atoms with van der Waals surface area (Å²) in [4.78, 5) is 42.6. The molecule has 2 atom stereocenters. The maximum atomic E-state index is 13.7. The number of hydrogen-bond acceptors (Lipinski definition) is 3. The molecule has 2 aliphatic rings. The highest BCUT2D eigenvalue weighted by molar-refractivity contribution is 6.31. The lowest BCUT2D eigenvalue weighted by atomic mass is 9.95. The number of anilines is 1. The minimum atomic E-state index is -0.779. The number of likely N-dealkylation sites (N-methyl/N-ethyl adjacent to an activating group) is 1. The number of carbonyl (C=O) groups excluding carboxylic acids is 3. The summed E-state index contributed by atoms with van der Waals surface area (Å²) in [6.07, 6.45) is 0.418. The van der Waals surface area contributed by atoms with E-state index in [1.54, 1.807) is 31.3 Å². The van der Waals surface area contributed by atoms with Gasteiger partial charge in [0.2, 0.25) is 5.91 Å². The molecule has 178 valence electrons. The number of nitrogens with one attached hydrogen (secondary N) is 2. The summed E-state index contributed by atoms with van der Waals surface area (Å²) in [7, 11) is 1.60. The van der Waals surface area contributed by atoms with E-state index in [0.29, 0.717) is 34.0 Å². The fourth-order valence-electron chi connectivity index (χ4n) is 4.36. The van der Waals surface area contributed by atoms with E-state index in [1.165, 1.54) is 34.1 Å². The Labute approximate surface area is 202 Å². The zero-order valence-corrected chi connectivity index (χ0v) is 19.9. The predicted molar refractivity (Wildman–Crippen MR) is 127 cm³/mol. The van der Waals surface area contributed by atoms with Gasteiger partial charge in [-0.2, -0.15) is 0 Å². The highest BCUT2D eigenvalue weighted by atomic mass is 35.5. The van der Waals surface area contributed by atoms with Crippen LogP contribution in [0.2, 0.25) is 5.02 Å². The Morgan fingerprint density at radius 1 is 1.18 bits per heavy atom. The van der Waals surface area contributed by atoms with E-state index in [4.69, 9.17) is 11.6 Å². The Hall–Kier alpha value is -3.39. The van der Waals surface area contributed by atoms with E-state index < -0.39 is 17.9 Å². The number of nitrogens with zero attached hydrogens (tertiary/aromatic N) is 2. The summed E-state index contributed by atoms with van der Waals surface area (Å²) in [6, 6.07) is 10.7. The summed E-state index contributed by atoms with van der Waals surface area (Å²) in [5.74, 6) is -0.989. The Balaban J connectivity index is 1.67. The van der Waals surface area contributed by atoms with Crippen molar-refractivity contribution in [1.82, 2.24) is 15.1 Å². The summed E-state index contributed by atoms with van der Waals surface area (Å²) in [5, 5.41) is 6.08. The molecule has 0 radical (unpaired) electrons. The fraction of sp³-hybridized carbons (Fsp3) is 0.320. The molecule has 2 aromatic carbocycles. The molecule has 0 unspecified atom stereocenters. The average molecular weight is 485 g/mol. The van der Waals surface area contributed by atoms with Gasteiger partial charge in [0.25, 0.3) is 5.91 Å². The first kappa shape index (κ1) is 23.8. The second-order valence-corrected chi connectivity index (χ2v) is 9.31. The molecule has 0 spiro atoms. The third kappa shape index (κ3) is 4.50. The summed E-state index contributed by atoms with van der Waals surface area (Å²) >= 11 is 6.40. The van der Waals surface area contributed by atoms with E-state index in [1.807, 2.05) is 13.8 Å². The molecule has 0 saturated carbocycles. The van der Waals surface area contributed by atoms with Crippen LogP contribution in [0.25, 0.3) is 0 Å². The second-order valence-electron chi connectivity index (χ2n) is 8.90. The van der Waals surface area contributed by atoms with Crippen LogP contribution in [0, 0.1) is 11.7 Å². The molecule has 4 amide bonds. The van der Waals surface area contributed by atoms with Gasteiger partial charge in [-0.1, -0.05) is 43.6 Å². The molecule has 9 heteroatoms. The van der Waals surface area contributed by atoms with Crippen LogP contribution in [-0.4, -0.2) is 47.3 Å². The van der Waals surface area contributed by atoms with Gasteiger partial charge >= 0.3 is 6.03 Å². The van der Waals surface area contributed by atoms with Crippen molar-refractivity contribution in [3.63, 3.8) is 0 Å². The molecule has 2 aromatic rings. The normalized spacial score (nSPS) is 18.8. The number of amides is 4. The van der Waals surface area contributed by atoms with Crippen molar-refractivity contribution in [2.75, 3.05) is 18.9 Å². The monoisotopic (exact) mass is 484 g/mol. The Kier molecular flexibility index (Phi) is 6.61. The van der Waals surface area contributed by atoms with Crippen LogP contribution < -0.4 is 10.6 Å². The molecule has 2 aliphatic heterocycles. The highest BCUT2D eigenvalue weighted by Crippen LogP contribution is 2.39. The number of rotatable bonds is 6. The smallest absolute Gasteiger partial charge is 0.322 e. The maximum Gasteiger partial charge on any atom is 0.322 e. The van der Waals surface area contributed by atoms with Crippen LogP contribution in [0.5, 0.6) is 0 Å². The predicted octanol–water partition coefficient (Wildman–Crippen LogP) is 4.32. The number of urea groups is 1. The quantitative estimate of drug-likeness (QED) is 0.640. The van der Waals surface area contributed by atoms with E-state index in [9.17, 15) is 18.8 Å². The van der Waals surface area contributed by atoms with Gasteiger partial charge in [0, 0.05) is 17.8 Å².